The number of rotatable bonds is 5. The van der Waals surface area contributed by atoms with E-state index in [-0.39, 0.29) is 12.5 Å². The number of amides is 1. The predicted molar refractivity (Wildman–Crippen MR) is 93.8 cm³/mol. The minimum Gasteiger partial charge on any atom is -0.484 e. The van der Waals surface area contributed by atoms with Crippen LogP contribution < -0.4 is 4.74 Å². The first-order valence-electron chi connectivity index (χ1n) is 6.59. The van der Waals surface area contributed by atoms with Crippen molar-refractivity contribution in [3.8, 4) is 5.75 Å². The van der Waals surface area contributed by atoms with Crippen molar-refractivity contribution < 1.29 is 9.53 Å². The van der Waals surface area contributed by atoms with E-state index in [0.717, 1.165) is 5.56 Å². The predicted octanol–water partition coefficient (Wildman–Crippen LogP) is 4.52. The second-order valence-corrected chi connectivity index (χ2v) is 5.83. The molecule has 7 heteroatoms. The summed E-state index contributed by atoms with van der Waals surface area (Å²) in [6.45, 7) is -0.128. The van der Waals surface area contributed by atoms with Crippen molar-refractivity contribution >= 4 is 46.9 Å². The van der Waals surface area contributed by atoms with Crippen molar-refractivity contribution in [3.05, 3.63) is 63.1 Å². The van der Waals surface area contributed by atoms with Crippen molar-refractivity contribution in [3.63, 3.8) is 0 Å². The number of nitrogens with zero attached hydrogens (tertiary/aromatic N) is 2. The molecule has 0 fully saturated rings. The van der Waals surface area contributed by atoms with Gasteiger partial charge in [-0.05, 0) is 42.0 Å². The lowest BCUT2D eigenvalue weighted by atomic mass is 10.2. The third kappa shape index (κ3) is 5.43. The van der Waals surface area contributed by atoms with Gasteiger partial charge < -0.3 is 4.74 Å². The normalized spacial score (nSPS) is 10.8. The third-order valence-electron chi connectivity index (χ3n) is 2.86. The SMILES string of the molecule is CN(/N=C/c1ccc(Cl)c(Cl)c1)C(=O)COc1ccc(Cl)cc1. The van der Waals surface area contributed by atoms with E-state index in [1.165, 1.54) is 11.2 Å². The van der Waals surface area contributed by atoms with E-state index >= 15 is 0 Å². The Balaban J connectivity index is 1.90. The number of hydrogen-bond acceptors (Lipinski definition) is 3. The highest BCUT2D eigenvalue weighted by atomic mass is 35.5. The molecule has 23 heavy (non-hydrogen) atoms. The summed E-state index contributed by atoms with van der Waals surface area (Å²) >= 11 is 17.5. The Kier molecular flexibility index (Phi) is 6.28. The number of likely N-dealkylation sites (N-methyl/N-ethyl adjacent to an activating group) is 1. The number of ether oxygens (including phenoxy) is 1. The van der Waals surface area contributed by atoms with Crippen LogP contribution in [0.1, 0.15) is 5.56 Å². The van der Waals surface area contributed by atoms with Gasteiger partial charge in [0.1, 0.15) is 5.75 Å². The molecule has 4 nitrogen and oxygen atoms in total. The second-order valence-electron chi connectivity index (χ2n) is 4.58. The topological polar surface area (TPSA) is 41.9 Å². The van der Waals surface area contributed by atoms with Gasteiger partial charge in [0.2, 0.25) is 0 Å². The molecule has 2 aromatic rings. The lowest BCUT2D eigenvalue weighted by Gasteiger charge is -2.12. The van der Waals surface area contributed by atoms with Gasteiger partial charge >= 0.3 is 0 Å². The second kappa shape index (κ2) is 8.20. The number of hydrazone groups is 1. The molecular weight excluding hydrogens is 359 g/mol. The monoisotopic (exact) mass is 370 g/mol. The zero-order chi connectivity index (χ0) is 16.8. The Labute approximate surface area is 149 Å². The standard InChI is InChI=1S/C16H13Cl3N2O2/c1-21(20-9-11-2-7-14(18)15(19)8-11)16(22)10-23-13-5-3-12(17)4-6-13/h2-9H,10H2,1H3/b20-9+. The Morgan fingerprint density at radius 3 is 2.48 bits per heavy atom. The minimum atomic E-state index is -0.295. The highest BCUT2D eigenvalue weighted by molar-refractivity contribution is 6.42. The molecule has 120 valence electrons. The molecule has 0 bridgehead atoms. The summed E-state index contributed by atoms with van der Waals surface area (Å²) in [6, 6.07) is 11.8. The first-order valence-corrected chi connectivity index (χ1v) is 7.73. The van der Waals surface area contributed by atoms with Crippen LogP contribution in [0.4, 0.5) is 0 Å². The highest BCUT2D eigenvalue weighted by Gasteiger charge is 2.08. The van der Waals surface area contributed by atoms with Gasteiger partial charge in [0, 0.05) is 12.1 Å². The van der Waals surface area contributed by atoms with Gasteiger partial charge in [-0.2, -0.15) is 5.10 Å². The first kappa shape index (κ1) is 17.6. The fourth-order valence-corrected chi connectivity index (χ4v) is 2.01. The van der Waals surface area contributed by atoms with Crippen molar-refractivity contribution in [2.75, 3.05) is 13.7 Å². The van der Waals surface area contributed by atoms with Gasteiger partial charge in [-0.15, -0.1) is 0 Å². The molecule has 1 amide bonds. The average molecular weight is 372 g/mol. The molecule has 0 spiro atoms. The molecule has 0 aliphatic rings. The fraction of sp³-hybridized carbons (Fsp3) is 0.125. The smallest absolute Gasteiger partial charge is 0.280 e. The molecule has 0 saturated heterocycles. The van der Waals surface area contributed by atoms with Gasteiger partial charge in [0.05, 0.1) is 16.3 Å². The van der Waals surface area contributed by atoms with Crippen LogP contribution in [0.2, 0.25) is 15.1 Å². The summed E-state index contributed by atoms with van der Waals surface area (Å²) < 4.78 is 5.37. The van der Waals surface area contributed by atoms with Crippen molar-refractivity contribution in [2.24, 2.45) is 5.10 Å². The lowest BCUT2D eigenvalue weighted by molar-refractivity contribution is -0.132. The van der Waals surface area contributed by atoms with Crippen LogP contribution >= 0.6 is 34.8 Å². The van der Waals surface area contributed by atoms with Crippen LogP contribution in [0.15, 0.2) is 47.6 Å². The molecule has 0 saturated carbocycles. The minimum absolute atomic E-state index is 0.128. The van der Waals surface area contributed by atoms with Gasteiger partial charge in [0.25, 0.3) is 5.91 Å². The van der Waals surface area contributed by atoms with Gasteiger partial charge in [-0.3, -0.25) is 4.79 Å². The molecule has 2 rings (SSSR count). The number of carbonyl (C=O) groups is 1. The maximum atomic E-state index is 11.9. The number of halogens is 3. The highest BCUT2D eigenvalue weighted by Crippen LogP contribution is 2.21. The van der Waals surface area contributed by atoms with Crippen molar-refractivity contribution in [1.29, 1.82) is 0 Å². The van der Waals surface area contributed by atoms with E-state index in [1.807, 2.05) is 0 Å². The molecule has 0 radical (unpaired) electrons. The van der Waals surface area contributed by atoms with E-state index in [2.05, 4.69) is 5.10 Å². The summed E-state index contributed by atoms with van der Waals surface area (Å²) in [7, 11) is 1.54. The molecular formula is C16H13Cl3N2O2. The first-order chi connectivity index (χ1) is 11.0. The van der Waals surface area contributed by atoms with Crippen LogP contribution in [0.3, 0.4) is 0 Å². The number of carbonyl (C=O) groups excluding carboxylic acids is 1. The molecule has 2 aromatic carbocycles. The molecule has 0 aliphatic carbocycles. The quantitative estimate of drug-likeness (QED) is 0.573. The largest absolute Gasteiger partial charge is 0.484 e. The molecule has 0 heterocycles. The summed E-state index contributed by atoms with van der Waals surface area (Å²) in [5, 5.41) is 6.73. The molecule has 0 unspecified atom stereocenters. The molecule has 0 aliphatic heterocycles. The van der Waals surface area contributed by atoms with Crippen LogP contribution in [-0.4, -0.2) is 30.8 Å². The van der Waals surface area contributed by atoms with E-state index in [0.29, 0.717) is 20.8 Å². The van der Waals surface area contributed by atoms with E-state index in [4.69, 9.17) is 39.5 Å². The maximum absolute atomic E-state index is 11.9. The van der Waals surface area contributed by atoms with Gasteiger partial charge in [0.15, 0.2) is 6.61 Å². The van der Waals surface area contributed by atoms with E-state index < -0.39 is 0 Å². The molecule has 0 aromatic heterocycles. The van der Waals surface area contributed by atoms with E-state index in [9.17, 15) is 4.79 Å². The Morgan fingerprint density at radius 1 is 1.13 bits per heavy atom. The van der Waals surface area contributed by atoms with Crippen molar-refractivity contribution in [2.45, 2.75) is 0 Å². The number of hydrogen-bond donors (Lipinski definition) is 0. The summed E-state index contributed by atoms with van der Waals surface area (Å²) in [5.41, 5.74) is 0.734. The summed E-state index contributed by atoms with van der Waals surface area (Å²) in [6.07, 6.45) is 1.52. The molecule has 0 atom stereocenters. The average Bonchev–Trinajstić information content (AvgIpc) is 2.54. The van der Waals surface area contributed by atoms with Gasteiger partial charge in [-0.1, -0.05) is 40.9 Å². The Bertz CT molecular complexity index is 718. The van der Waals surface area contributed by atoms with Crippen molar-refractivity contribution in [1.82, 2.24) is 5.01 Å². The lowest BCUT2D eigenvalue weighted by Crippen LogP contribution is -2.27. The zero-order valence-electron chi connectivity index (χ0n) is 12.2. The Morgan fingerprint density at radius 2 is 1.83 bits per heavy atom. The van der Waals surface area contributed by atoms with Crippen LogP contribution in [0, 0.1) is 0 Å². The van der Waals surface area contributed by atoms with E-state index in [1.54, 1.807) is 49.5 Å². The summed E-state index contributed by atoms with van der Waals surface area (Å²) in [5.74, 6) is 0.265. The number of benzene rings is 2. The third-order valence-corrected chi connectivity index (χ3v) is 3.85. The Hall–Kier alpha value is -1.75. The fourth-order valence-electron chi connectivity index (χ4n) is 1.58. The maximum Gasteiger partial charge on any atom is 0.280 e. The van der Waals surface area contributed by atoms with Crippen LogP contribution in [-0.2, 0) is 4.79 Å². The van der Waals surface area contributed by atoms with Gasteiger partial charge in [-0.25, -0.2) is 5.01 Å². The zero-order valence-corrected chi connectivity index (χ0v) is 14.4. The molecule has 0 N–H and O–H groups in total. The van der Waals surface area contributed by atoms with Crippen LogP contribution in [0.5, 0.6) is 5.75 Å². The summed E-state index contributed by atoms with van der Waals surface area (Å²) in [4.78, 5) is 11.9. The van der Waals surface area contributed by atoms with Crippen LogP contribution in [0.25, 0.3) is 0 Å².